The molecule has 0 saturated carbocycles. The number of hydrogen-bond donors (Lipinski definition) is 2. The summed E-state index contributed by atoms with van der Waals surface area (Å²) in [6.45, 7) is 2.42. The number of carbonyl (C=O) groups excluding carboxylic acids is 1. The third-order valence-corrected chi connectivity index (χ3v) is 3.09. The highest BCUT2D eigenvalue weighted by atomic mass is 35.5. The molecule has 0 aliphatic heterocycles. The van der Waals surface area contributed by atoms with Gasteiger partial charge in [-0.3, -0.25) is 4.79 Å². The van der Waals surface area contributed by atoms with Crippen LogP contribution in [-0.2, 0) is 0 Å². The van der Waals surface area contributed by atoms with E-state index in [1.54, 1.807) is 30.3 Å². The zero-order valence-corrected chi connectivity index (χ0v) is 12.4. The van der Waals surface area contributed by atoms with Gasteiger partial charge in [0.1, 0.15) is 0 Å². The number of hydrogen-bond acceptors (Lipinski definition) is 4. The van der Waals surface area contributed by atoms with Gasteiger partial charge in [-0.1, -0.05) is 11.6 Å². The van der Waals surface area contributed by atoms with Gasteiger partial charge in [0, 0.05) is 11.0 Å². The molecule has 0 spiro atoms. The van der Waals surface area contributed by atoms with Crippen molar-refractivity contribution in [2.45, 2.75) is 11.8 Å². The van der Waals surface area contributed by atoms with Gasteiger partial charge in [0.2, 0.25) is 5.88 Å². The van der Waals surface area contributed by atoms with E-state index in [9.17, 15) is 4.79 Å². The SMILES string of the molecule is CCOc1ccc(NC(=O)c2cc(S)ccc2Cl)cn1. The molecule has 1 heterocycles. The van der Waals surface area contributed by atoms with Crippen molar-refractivity contribution >= 4 is 35.8 Å². The Morgan fingerprint density at radius 2 is 2.20 bits per heavy atom. The topological polar surface area (TPSA) is 51.2 Å². The number of pyridine rings is 1. The van der Waals surface area contributed by atoms with Crippen LogP contribution in [0.2, 0.25) is 5.02 Å². The van der Waals surface area contributed by atoms with Crippen LogP contribution in [0.5, 0.6) is 5.88 Å². The summed E-state index contributed by atoms with van der Waals surface area (Å²) in [4.78, 5) is 16.9. The fourth-order valence-corrected chi connectivity index (χ4v) is 1.98. The number of nitrogens with one attached hydrogen (secondary N) is 1. The molecule has 1 aromatic heterocycles. The molecule has 2 rings (SSSR count). The molecule has 6 heteroatoms. The maximum Gasteiger partial charge on any atom is 0.257 e. The molecule has 4 nitrogen and oxygen atoms in total. The molecule has 1 amide bonds. The molecule has 0 saturated heterocycles. The zero-order chi connectivity index (χ0) is 14.5. The first-order chi connectivity index (χ1) is 9.60. The molecular formula is C14H13ClN2O2S. The van der Waals surface area contributed by atoms with Crippen LogP contribution in [0.25, 0.3) is 0 Å². The summed E-state index contributed by atoms with van der Waals surface area (Å²) < 4.78 is 5.23. The highest BCUT2D eigenvalue weighted by Crippen LogP contribution is 2.21. The van der Waals surface area contributed by atoms with E-state index in [-0.39, 0.29) is 5.91 Å². The Morgan fingerprint density at radius 3 is 2.85 bits per heavy atom. The molecule has 1 aromatic carbocycles. The summed E-state index contributed by atoms with van der Waals surface area (Å²) in [7, 11) is 0. The van der Waals surface area contributed by atoms with Gasteiger partial charge in [-0.05, 0) is 31.2 Å². The van der Waals surface area contributed by atoms with E-state index in [1.807, 2.05) is 6.92 Å². The molecule has 0 aliphatic rings. The Hall–Kier alpha value is -1.72. The fourth-order valence-electron chi connectivity index (χ4n) is 1.57. The minimum Gasteiger partial charge on any atom is -0.478 e. The number of rotatable bonds is 4. The van der Waals surface area contributed by atoms with Gasteiger partial charge in [0.05, 0.1) is 29.1 Å². The molecule has 0 unspecified atom stereocenters. The highest BCUT2D eigenvalue weighted by molar-refractivity contribution is 7.80. The standard InChI is InChI=1S/C14H13ClN2O2S/c1-2-19-13-6-3-9(8-16-13)17-14(18)11-7-10(20)4-5-12(11)15/h3-8,20H,2H2,1H3,(H,17,18). The first kappa shape index (κ1) is 14.7. The number of amides is 1. The first-order valence-electron chi connectivity index (χ1n) is 5.99. The fraction of sp³-hybridized carbons (Fsp3) is 0.143. The second-order valence-electron chi connectivity index (χ2n) is 3.94. The Balaban J connectivity index is 2.13. The molecule has 104 valence electrons. The van der Waals surface area contributed by atoms with Gasteiger partial charge in [0.15, 0.2) is 0 Å². The number of aromatic nitrogens is 1. The van der Waals surface area contributed by atoms with Crippen molar-refractivity contribution in [3.8, 4) is 5.88 Å². The predicted molar refractivity (Wildman–Crippen MR) is 82.1 cm³/mol. The van der Waals surface area contributed by atoms with E-state index in [0.717, 1.165) is 0 Å². The van der Waals surface area contributed by atoms with Gasteiger partial charge >= 0.3 is 0 Å². The maximum absolute atomic E-state index is 12.1. The van der Waals surface area contributed by atoms with Gasteiger partial charge in [-0.15, -0.1) is 12.6 Å². The minimum atomic E-state index is -0.308. The summed E-state index contributed by atoms with van der Waals surface area (Å²) >= 11 is 10.2. The van der Waals surface area contributed by atoms with Crippen LogP contribution in [0.1, 0.15) is 17.3 Å². The second kappa shape index (κ2) is 6.63. The van der Waals surface area contributed by atoms with E-state index in [2.05, 4.69) is 22.9 Å². The molecule has 0 aliphatic carbocycles. The third kappa shape index (κ3) is 3.65. The number of halogens is 1. The van der Waals surface area contributed by atoms with E-state index in [0.29, 0.717) is 33.7 Å². The van der Waals surface area contributed by atoms with E-state index >= 15 is 0 Å². The van der Waals surface area contributed by atoms with Crippen molar-refractivity contribution in [1.29, 1.82) is 0 Å². The van der Waals surface area contributed by atoms with Crippen molar-refractivity contribution in [2.24, 2.45) is 0 Å². The van der Waals surface area contributed by atoms with Gasteiger partial charge in [0.25, 0.3) is 5.91 Å². The molecule has 0 radical (unpaired) electrons. The predicted octanol–water partition coefficient (Wildman–Crippen LogP) is 3.67. The van der Waals surface area contributed by atoms with Crippen LogP contribution in [0.3, 0.4) is 0 Å². The Morgan fingerprint density at radius 1 is 1.40 bits per heavy atom. The molecule has 0 bridgehead atoms. The molecule has 0 atom stereocenters. The lowest BCUT2D eigenvalue weighted by Crippen LogP contribution is -2.12. The van der Waals surface area contributed by atoms with Gasteiger partial charge in [-0.2, -0.15) is 0 Å². The van der Waals surface area contributed by atoms with E-state index in [4.69, 9.17) is 16.3 Å². The Labute approximate surface area is 127 Å². The normalized spacial score (nSPS) is 10.2. The van der Waals surface area contributed by atoms with Crippen molar-refractivity contribution in [3.63, 3.8) is 0 Å². The van der Waals surface area contributed by atoms with Crippen molar-refractivity contribution < 1.29 is 9.53 Å². The maximum atomic E-state index is 12.1. The third-order valence-electron chi connectivity index (χ3n) is 2.48. The smallest absolute Gasteiger partial charge is 0.257 e. The summed E-state index contributed by atoms with van der Waals surface area (Å²) in [5.74, 6) is 0.206. The summed E-state index contributed by atoms with van der Waals surface area (Å²) in [6, 6.07) is 8.38. The Bertz CT molecular complexity index is 617. The summed E-state index contributed by atoms with van der Waals surface area (Å²) in [5, 5.41) is 3.09. The lowest BCUT2D eigenvalue weighted by molar-refractivity contribution is 0.102. The van der Waals surface area contributed by atoms with Crippen LogP contribution >= 0.6 is 24.2 Å². The van der Waals surface area contributed by atoms with Gasteiger partial charge in [-0.25, -0.2) is 4.98 Å². The molecule has 20 heavy (non-hydrogen) atoms. The van der Waals surface area contributed by atoms with Crippen LogP contribution < -0.4 is 10.1 Å². The molecule has 1 N–H and O–H groups in total. The second-order valence-corrected chi connectivity index (χ2v) is 4.86. The summed E-state index contributed by atoms with van der Waals surface area (Å²) in [6.07, 6.45) is 1.53. The number of anilines is 1. The average Bonchev–Trinajstić information content (AvgIpc) is 2.44. The van der Waals surface area contributed by atoms with Crippen LogP contribution in [0.4, 0.5) is 5.69 Å². The van der Waals surface area contributed by atoms with Crippen LogP contribution in [0.15, 0.2) is 41.4 Å². The number of carbonyl (C=O) groups is 1. The lowest BCUT2D eigenvalue weighted by Gasteiger charge is -2.08. The Kier molecular flexibility index (Phi) is 4.87. The number of ether oxygens (including phenoxy) is 1. The van der Waals surface area contributed by atoms with Crippen LogP contribution in [0, 0.1) is 0 Å². The largest absolute Gasteiger partial charge is 0.478 e. The number of nitrogens with zero attached hydrogens (tertiary/aromatic N) is 1. The van der Waals surface area contributed by atoms with Gasteiger partial charge < -0.3 is 10.1 Å². The van der Waals surface area contributed by atoms with Crippen molar-refractivity contribution in [2.75, 3.05) is 11.9 Å². The zero-order valence-electron chi connectivity index (χ0n) is 10.8. The summed E-state index contributed by atoms with van der Waals surface area (Å²) in [5.41, 5.74) is 0.937. The van der Waals surface area contributed by atoms with Crippen LogP contribution in [-0.4, -0.2) is 17.5 Å². The lowest BCUT2D eigenvalue weighted by atomic mass is 10.2. The minimum absolute atomic E-state index is 0.308. The van der Waals surface area contributed by atoms with E-state index in [1.165, 1.54) is 6.20 Å². The van der Waals surface area contributed by atoms with Crippen molar-refractivity contribution in [1.82, 2.24) is 4.98 Å². The van der Waals surface area contributed by atoms with Crippen molar-refractivity contribution in [3.05, 3.63) is 47.1 Å². The number of benzene rings is 1. The molecule has 0 fully saturated rings. The quantitative estimate of drug-likeness (QED) is 0.847. The average molecular weight is 309 g/mol. The van der Waals surface area contributed by atoms with E-state index < -0.39 is 0 Å². The highest BCUT2D eigenvalue weighted by Gasteiger charge is 2.11. The molecular weight excluding hydrogens is 296 g/mol. The molecule has 2 aromatic rings. The number of thiol groups is 1. The monoisotopic (exact) mass is 308 g/mol. The first-order valence-corrected chi connectivity index (χ1v) is 6.81.